The molecule has 2 aliphatic rings. The molecule has 35 heavy (non-hydrogen) atoms. The number of anilines is 1. The number of nitrogens with one attached hydrogen (secondary N) is 2. The molecule has 1 aliphatic heterocycles. The van der Waals surface area contributed by atoms with E-state index in [1.807, 2.05) is 36.4 Å². The fourth-order valence-electron chi connectivity index (χ4n) is 4.58. The normalized spacial score (nSPS) is 18.4. The van der Waals surface area contributed by atoms with E-state index in [4.69, 9.17) is 14.6 Å². The van der Waals surface area contributed by atoms with Crippen molar-refractivity contribution in [2.24, 2.45) is 0 Å². The summed E-state index contributed by atoms with van der Waals surface area (Å²) in [4.78, 5) is 40.1. The number of carboxylic acid groups (broad SMARTS) is 1. The summed E-state index contributed by atoms with van der Waals surface area (Å²) in [6.45, 7) is 0.445. The number of aromatic nitrogens is 1. The van der Waals surface area contributed by atoms with Gasteiger partial charge in [-0.2, -0.15) is 0 Å². The van der Waals surface area contributed by atoms with Crippen LogP contribution in [-0.2, 0) is 14.3 Å². The van der Waals surface area contributed by atoms with E-state index in [9.17, 15) is 14.4 Å². The van der Waals surface area contributed by atoms with Crippen molar-refractivity contribution in [3.63, 3.8) is 0 Å². The van der Waals surface area contributed by atoms with Crippen molar-refractivity contribution in [3.05, 3.63) is 83.7 Å². The summed E-state index contributed by atoms with van der Waals surface area (Å²) >= 11 is 0. The number of hydrogen-bond donors (Lipinski definition) is 3. The van der Waals surface area contributed by atoms with Crippen molar-refractivity contribution in [2.45, 2.75) is 24.5 Å². The summed E-state index contributed by atoms with van der Waals surface area (Å²) in [5.41, 5.74) is 5.00. The molecule has 1 saturated heterocycles. The second-order valence-electron chi connectivity index (χ2n) is 8.38. The number of rotatable bonds is 6. The SMILES string of the molecule is O=C(Nc1ccc(C(=O)N[C@@H]2CCO[C@@H]2C(=O)O)nc1)OCC1c2ccccc2-c2ccccc21. The topological polar surface area (TPSA) is 127 Å². The van der Waals surface area contributed by atoms with Crippen molar-refractivity contribution < 1.29 is 29.0 Å². The van der Waals surface area contributed by atoms with Gasteiger partial charge in [-0.3, -0.25) is 10.1 Å². The predicted molar refractivity (Wildman–Crippen MR) is 126 cm³/mol. The Bertz CT molecular complexity index is 1230. The molecular weight excluding hydrogens is 450 g/mol. The number of nitrogens with zero attached hydrogens (tertiary/aromatic N) is 1. The summed E-state index contributed by atoms with van der Waals surface area (Å²) < 4.78 is 10.6. The predicted octanol–water partition coefficient (Wildman–Crippen LogP) is 3.41. The minimum Gasteiger partial charge on any atom is -0.479 e. The Morgan fingerprint density at radius 2 is 1.69 bits per heavy atom. The number of carbonyl (C=O) groups excluding carboxylic acids is 2. The lowest BCUT2D eigenvalue weighted by molar-refractivity contribution is -0.148. The molecule has 2 amide bonds. The summed E-state index contributed by atoms with van der Waals surface area (Å²) in [5.74, 6) is -1.69. The van der Waals surface area contributed by atoms with Crippen LogP contribution in [0.15, 0.2) is 66.9 Å². The first kappa shape index (κ1) is 22.5. The average molecular weight is 473 g/mol. The number of amides is 2. The van der Waals surface area contributed by atoms with Crippen molar-refractivity contribution in [1.29, 1.82) is 0 Å². The minimum absolute atomic E-state index is 0.0495. The number of carboxylic acids is 1. The molecule has 5 rings (SSSR count). The van der Waals surface area contributed by atoms with Crippen LogP contribution in [0.4, 0.5) is 10.5 Å². The first-order valence-electron chi connectivity index (χ1n) is 11.2. The Morgan fingerprint density at radius 1 is 1.00 bits per heavy atom. The second kappa shape index (κ2) is 9.55. The van der Waals surface area contributed by atoms with Gasteiger partial charge in [0.1, 0.15) is 12.3 Å². The van der Waals surface area contributed by atoms with Crippen LogP contribution in [0.2, 0.25) is 0 Å². The molecule has 1 aliphatic carbocycles. The summed E-state index contributed by atoms with van der Waals surface area (Å²) in [6.07, 6.45) is 0.0482. The van der Waals surface area contributed by atoms with Gasteiger partial charge >= 0.3 is 12.1 Å². The van der Waals surface area contributed by atoms with Crippen LogP contribution in [0.3, 0.4) is 0 Å². The van der Waals surface area contributed by atoms with E-state index in [1.54, 1.807) is 0 Å². The number of fused-ring (bicyclic) bond motifs is 3. The summed E-state index contributed by atoms with van der Waals surface area (Å²) in [7, 11) is 0. The third-order valence-electron chi connectivity index (χ3n) is 6.24. The molecular formula is C26H23N3O6. The zero-order valence-corrected chi connectivity index (χ0v) is 18.6. The zero-order valence-electron chi connectivity index (χ0n) is 18.6. The lowest BCUT2D eigenvalue weighted by Gasteiger charge is -2.16. The maximum atomic E-state index is 12.4. The van der Waals surface area contributed by atoms with Crippen LogP contribution in [0.1, 0.15) is 34.0 Å². The lowest BCUT2D eigenvalue weighted by Crippen LogP contribution is -2.44. The quantitative estimate of drug-likeness (QED) is 0.501. The molecule has 0 saturated carbocycles. The van der Waals surface area contributed by atoms with Crippen molar-refractivity contribution >= 4 is 23.7 Å². The number of aliphatic carboxylic acids is 1. The molecule has 2 heterocycles. The average Bonchev–Trinajstić information content (AvgIpc) is 3.46. The Kier molecular flexibility index (Phi) is 6.15. The lowest BCUT2D eigenvalue weighted by atomic mass is 9.98. The molecule has 1 aromatic heterocycles. The fourth-order valence-corrected chi connectivity index (χ4v) is 4.58. The van der Waals surface area contributed by atoms with Crippen molar-refractivity contribution in [1.82, 2.24) is 10.3 Å². The van der Waals surface area contributed by atoms with E-state index >= 15 is 0 Å². The number of carbonyl (C=O) groups is 3. The highest BCUT2D eigenvalue weighted by molar-refractivity contribution is 5.93. The van der Waals surface area contributed by atoms with E-state index in [2.05, 4.69) is 27.8 Å². The van der Waals surface area contributed by atoms with Crippen LogP contribution in [0, 0.1) is 0 Å². The van der Waals surface area contributed by atoms with E-state index < -0.39 is 30.1 Å². The second-order valence-corrected chi connectivity index (χ2v) is 8.38. The van der Waals surface area contributed by atoms with E-state index in [-0.39, 0.29) is 24.8 Å². The smallest absolute Gasteiger partial charge is 0.411 e. The Hall–Kier alpha value is -4.24. The molecule has 0 radical (unpaired) electrons. The van der Waals surface area contributed by atoms with E-state index in [0.717, 1.165) is 22.3 Å². The molecule has 0 bridgehead atoms. The summed E-state index contributed by atoms with van der Waals surface area (Å²) in [6, 6.07) is 18.5. The number of hydrogen-bond acceptors (Lipinski definition) is 6. The number of ether oxygens (including phenoxy) is 2. The molecule has 2 atom stereocenters. The van der Waals surface area contributed by atoms with Gasteiger partial charge < -0.3 is 19.9 Å². The van der Waals surface area contributed by atoms with E-state index in [0.29, 0.717) is 12.1 Å². The third kappa shape index (κ3) is 4.58. The molecule has 9 heteroatoms. The van der Waals surface area contributed by atoms with Crippen LogP contribution in [-0.4, -0.2) is 53.4 Å². The van der Waals surface area contributed by atoms with Gasteiger partial charge in [-0.05, 0) is 40.8 Å². The molecule has 0 unspecified atom stereocenters. The van der Waals surface area contributed by atoms with Gasteiger partial charge in [-0.1, -0.05) is 48.5 Å². The molecule has 3 aromatic rings. The van der Waals surface area contributed by atoms with Crippen molar-refractivity contribution in [3.8, 4) is 11.1 Å². The Morgan fingerprint density at radius 3 is 2.31 bits per heavy atom. The largest absolute Gasteiger partial charge is 0.479 e. The third-order valence-corrected chi connectivity index (χ3v) is 6.24. The van der Waals surface area contributed by atoms with E-state index in [1.165, 1.54) is 18.3 Å². The van der Waals surface area contributed by atoms with Crippen LogP contribution < -0.4 is 10.6 Å². The maximum absolute atomic E-state index is 12.4. The van der Waals surface area contributed by atoms with Gasteiger partial charge in [0.25, 0.3) is 5.91 Å². The van der Waals surface area contributed by atoms with Gasteiger partial charge in [0.15, 0.2) is 6.10 Å². The van der Waals surface area contributed by atoms with Gasteiger partial charge in [-0.25, -0.2) is 14.6 Å². The monoisotopic (exact) mass is 473 g/mol. The first-order chi connectivity index (χ1) is 17.0. The highest BCUT2D eigenvalue weighted by Gasteiger charge is 2.35. The Labute approximate surface area is 201 Å². The fraction of sp³-hybridized carbons (Fsp3) is 0.231. The molecule has 1 fully saturated rings. The zero-order chi connectivity index (χ0) is 24.4. The van der Waals surface area contributed by atoms with Gasteiger partial charge in [-0.15, -0.1) is 0 Å². The number of pyridine rings is 1. The molecule has 9 nitrogen and oxygen atoms in total. The molecule has 3 N–H and O–H groups in total. The first-order valence-corrected chi connectivity index (χ1v) is 11.2. The van der Waals surface area contributed by atoms with Gasteiger partial charge in [0, 0.05) is 12.5 Å². The number of benzene rings is 2. The van der Waals surface area contributed by atoms with Crippen molar-refractivity contribution in [2.75, 3.05) is 18.5 Å². The molecule has 0 spiro atoms. The standard InChI is InChI=1S/C26H23N3O6/c30-24(29-21-11-12-34-23(21)25(31)32)22-10-9-15(13-27-22)28-26(33)35-14-20-18-7-3-1-5-16(18)17-6-2-4-8-19(17)20/h1-10,13,20-21,23H,11-12,14H2,(H,28,33)(H,29,30)(H,31,32)/t21-,23+/m1/s1. The maximum Gasteiger partial charge on any atom is 0.411 e. The Balaban J connectivity index is 1.18. The molecule has 178 valence electrons. The highest BCUT2D eigenvalue weighted by Crippen LogP contribution is 2.44. The van der Waals surface area contributed by atoms with Crippen LogP contribution in [0.5, 0.6) is 0 Å². The minimum atomic E-state index is -1.12. The van der Waals surface area contributed by atoms with Gasteiger partial charge in [0.2, 0.25) is 0 Å². The van der Waals surface area contributed by atoms with Crippen LogP contribution >= 0.6 is 0 Å². The summed E-state index contributed by atoms with van der Waals surface area (Å²) in [5, 5.41) is 14.4. The highest BCUT2D eigenvalue weighted by atomic mass is 16.5. The van der Waals surface area contributed by atoms with Crippen LogP contribution in [0.25, 0.3) is 11.1 Å². The van der Waals surface area contributed by atoms with Gasteiger partial charge in [0.05, 0.1) is 17.9 Å². The molecule has 2 aromatic carbocycles.